The average molecular weight is 616 g/mol. The zero-order chi connectivity index (χ0) is 31.2. The molecule has 0 saturated heterocycles. The first-order valence-electron chi connectivity index (χ1n) is 13.3. The van der Waals surface area contributed by atoms with Gasteiger partial charge in [-0.15, -0.1) is 0 Å². The molecule has 1 N–H and O–H groups in total. The summed E-state index contributed by atoms with van der Waals surface area (Å²) in [6.07, 6.45) is 0. The number of methoxy groups -OCH3 is 2. The molecule has 0 aliphatic heterocycles. The van der Waals surface area contributed by atoms with Crippen molar-refractivity contribution in [1.29, 1.82) is 0 Å². The molecule has 3 aromatic rings. The van der Waals surface area contributed by atoms with Crippen molar-refractivity contribution in [1.82, 2.24) is 10.2 Å². The summed E-state index contributed by atoms with van der Waals surface area (Å²) >= 11 is 6.28. The average Bonchev–Trinajstić information content (AvgIpc) is 2.93. The van der Waals surface area contributed by atoms with E-state index in [2.05, 4.69) is 5.32 Å². The first kappa shape index (κ1) is 32.8. The lowest BCUT2D eigenvalue weighted by Gasteiger charge is -2.33. The Hall–Kier alpha value is -3.76. The number of amides is 2. The maximum absolute atomic E-state index is 14.1. The van der Waals surface area contributed by atoms with E-state index < -0.39 is 34.1 Å². The first-order valence-corrected chi connectivity index (χ1v) is 15.2. The second-order valence-electron chi connectivity index (χ2n) is 10.9. The minimum atomic E-state index is -4.28. The number of sulfonamides is 1. The van der Waals surface area contributed by atoms with E-state index in [9.17, 15) is 18.0 Å². The van der Waals surface area contributed by atoms with E-state index in [0.717, 1.165) is 15.4 Å². The molecule has 0 saturated carbocycles. The second kappa shape index (κ2) is 13.5. The maximum atomic E-state index is 14.1. The Morgan fingerprint density at radius 2 is 1.57 bits per heavy atom. The number of anilines is 1. The molecule has 3 rings (SSSR count). The molecule has 3 aromatic carbocycles. The van der Waals surface area contributed by atoms with Crippen LogP contribution in [0.15, 0.2) is 71.6 Å². The number of carbonyl (C=O) groups excluding carboxylic acids is 2. The summed E-state index contributed by atoms with van der Waals surface area (Å²) in [4.78, 5) is 28.7. The van der Waals surface area contributed by atoms with E-state index in [4.69, 9.17) is 21.1 Å². The topological polar surface area (TPSA) is 105 Å². The number of halogens is 1. The third-order valence-electron chi connectivity index (χ3n) is 6.47. The van der Waals surface area contributed by atoms with Crippen molar-refractivity contribution < 1.29 is 27.5 Å². The van der Waals surface area contributed by atoms with Crippen LogP contribution in [0.25, 0.3) is 0 Å². The van der Waals surface area contributed by atoms with Gasteiger partial charge in [0.2, 0.25) is 11.8 Å². The molecule has 0 bridgehead atoms. The Kier molecular flexibility index (Phi) is 10.5. The molecule has 1 atom stereocenters. The van der Waals surface area contributed by atoms with Crippen molar-refractivity contribution in [2.24, 2.45) is 0 Å². The van der Waals surface area contributed by atoms with Crippen LogP contribution in [0, 0.1) is 6.92 Å². The minimum Gasteiger partial charge on any atom is -0.497 e. The maximum Gasteiger partial charge on any atom is 0.264 e. The van der Waals surface area contributed by atoms with Gasteiger partial charge >= 0.3 is 0 Å². The Bertz CT molecular complexity index is 1500. The fraction of sp³-hybridized carbons (Fsp3) is 0.355. The Morgan fingerprint density at radius 3 is 2.12 bits per heavy atom. The van der Waals surface area contributed by atoms with E-state index >= 15 is 0 Å². The van der Waals surface area contributed by atoms with E-state index in [-0.39, 0.29) is 33.8 Å². The van der Waals surface area contributed by atoms with Crippen molar-refractivity contribution in [2.75, 3.05) is 25.1 Å². The van der Waals surface area contributed by atoms with Crippen molar-refractivity contribution in [2.45, 2.75) is 57.6 Å². The second-order valence-corrected chi connectivity index (χ2v) is 13.2. The molecule has 1 unspecified atom stereocenters. The molecule has 0 heterocycles. The highest BCUT2D eigenvalue weighted by Crippen LogP contribution is 2.35. The van der Waals surface area contributed by atoms with Crippen LogP contribution in [0.5, 0.6) is 11.5 Å². The van der Waals surface area contributed by atoms with Gasteiger partial charge in [0, 0.05) is 17.1 Å². The van der Waals surface area contributed by atoms with Crippen molar-refractivity contribution in [3.05, 3.63) is 82.9 Å². The highest BCUT2D eigenvalue weighted by Gasteiger charge is 2.34. The summed E-state index contributed by atoms with van der Waals surface area (Å²) in [6, 6.07) is 17.0. The van der Waals surface area contributed by atoms with Crippen LogP contribution in [0.2, 0.25) is 5.02 Å². The fourth-order valence-electron chi connectivity index (χ4n) is 4.19. The van der Waals surface area contributed by atoms with Crippen LogP contribution in [-0.4, -0.2) is 57.5 Å². The van der Waals surface area contributed by atoms with Crippen LogP contribution >= 0.6 is 11.6 Å². The number of hydrogen-bond acceptors (Lipinski definition) is 6. The largest absolute Gasteiger partial charge is 0.497 e. The zero-order valence-corrected chi connectivity index (χ0v) is 26.5. The smallest absolute Gasteiger partial charge is 0.264 e. The van der Waals surface area contributed by atoms with E-state index in [1.807, 2.05) is 27.7 Å². The predicted molar refractivity (Wildman–Crippen MR) is 165 cm³/mol. The van der Waals surface area contributed by atoms with Gasteiger partial charge in [-0.3, -0.25) is 13.9 Å². The lowest BCUT2D eigenvalue weighted by Crippen LogP contribution is -2.54. The molecule has 0 radical (unpaired) electrons. The van der Waals surface area contributed by atoms with Gasteiger partial charge < -0.3 is 19.7 Å². The monoisotopic (exact) mass is 615 g/mol. The van der Waals surface area contributed by atoms with Gasteiger partial charge in [-0.25, -0.2) is 8.42 Å². The normalized spacial score (nSPS) is 12.3. The van der Waals surface area contributed by atoms with Crippen LogP contribution in [0.1, 0.15) is 38.8 Å². The van der Waals surface area contributed by atoms with Gasteiger partial charge in [-0.2, -0.15) is 0 Å². The lowest BCUT2D eigenvalue weighted by molar-refractivity contribution is -0.140. The number of rotatable bonds is 11. The van der Waals surface area contributed by atoms with Gasteiger partial charge in [0.1, 0.15) is 24.1 Å². The van der Waals surface area contributed by atoms with Gasteiger partial charge in [0.25, 0.3) is 10.0 Å². The van der Waals surface area contributed by atoms with E-state index in [1.54, 1.807) is 56.5 Å². The Balaban J connectivity index is 2.10. The molecular formula is C31H38ClN3O6S. The first-order chi connectivity index (χ1) is 19.7. The molecule has 42 heavy (non-hydrogen) atoms. The SMILES string of the molecule is COc1ccc(CN(C(=O)CN(c2cc(Cl)ccc2OC)S(=O)(=O)c2ccc(C)cc2)C(C)C(=O)NC(C)(C)C)cc1. The lowest BCUT2D eigenvalue weighted by atomic mass is 10.1. The van der Waals surface area contributed by atoms with Gasteiger partial charge in [-0.05, 0) is 82.6 Å². The highest BCUT2D eigenvalue weighted by atomic mass is 35.5. The summed E-state index contributed by atoms with van der Waals surface area (Å²) in [5, 5.41) is 3.17. The highest BCUT2D eigenvalue weighted by molar-refractivity contribution is 7.92. The quantitative estimate of drug-likeness (QED) is 0.318. The van der Waals surface area contributed by atoms with Crippen LogP contribution < -0.4 is 19.1 Å². The number of ether oxygens (including phenoxy) is 2. The van der Waals surface area contributed by atoms with Crippen LogP contribution in [-0.2, 0) is 26.2 Å². The van der Waals surface area contributed by atoms with Gasteiger partial charge in [0.05, 0.1) is 24.8 Å². The molecule has 0 aliphatic rings. The van der Waals surface area contributed by atoms with Gasteiger partial charge in [0.15, 0.2) is 0 Å². The summed E-state index contributed by atoms with van der Waals surface area (Å²) in [6.45, 7) is 8.42. The third-order valence-corrected chi connectivity index (χ3v) is 8.48. The molecule has 0 fully saturated rings. The molecule has 9 nitrogen and oxygen atoms in total. The molecule has 2 amide bonds. The molecule has 11 heteroatoms. The van der Waals surface area contributed by atoms with Gasteiger partial charge in [-0.1, -0.05) is 41.4 Å². The van der Waals surface area contributed by atoms with Crippen LogP contribution in [0.3, 0.4) is 0 Å². The standard InChI is InChI=1S/C31H38ClN3O6S/c1-21-8-15-26(16-9-21)42(38,39)35(27-18-24(32)12-17-28(27)41-7)20-29(36)34(22(2)30(37)33-31(3,4)5)19-23-10-13-25(40-6)14-11-23/h8-18,22H,19-20H2,1-7H3,(H,33,37). The predicted octanol–water partition coefficient (Wildman–Crippen LogP) is 5.19. The third kappa shape index (κ3) is 8.17. The number of carbonyl (C=O) groups is 2. The van der Waals surface area contributed by atoms with E-state index in [0.29, 0.717) is 5.75 Å². The molecule has 0 aromatic heterocycles. The minimum absolute atomic E-state index is 0.0110. The molecule has 226 valence electrons. The van der Waals surface area contributed by atoms with Crippen molar-refractivity contribution in [3.63, 3.8) is 0 Å². The van der Waals surface area contributed by atoms with E-state index in [1.165, 1.54) is 36.3 Å². The Labute approximate surface area is 253 Å². The zero-order valence-electron chi connectivity index (χ0n) is 25.0. The number of nitrogens with zero attached hydrogens (tertiary/aromatic N) is 2. The summed E-state index contributed by atoms with van der Waals surface area (Å²) in [7, 11) is -1.32. The molecule has 0 aliphatic carbocycles. The summed E-state index contributed by atoms with van der Waals surface area (Å²) < 4.78 is 39.8. The Morgan fingerprint density at radius 1 is 0.952 bits per heavy atom. The fourth-order valence-corrected chi connectivity index (χ4v) is 5.78. The number of hydrogen-bond donors (Lipinski definition) is 1. The number of aryl methyl sites for hydroxylation is 1. The summed E-state index contributed by atoms with van der Waals surface area (Å²) in [5.74, 6) is -0.126. The number of benzene rings is 3. The van der Waals surface area contributed by atoms with Crippen LogP contribution in [0.4, 0.5) is 5.69 Å². The van der Waals surface area contributed by atoms with Crippen molar-refractivity contribution >= 4 is 39.1 Å². The van der Waals surface area contributed by atoms with Crippen molar-refractivity contribution in [3.8, 4) is 11.5 Å². The summed E-state index contributed by atoms with van der Waals surface area (Å²) in [5.41, 5.74) is 1.15. The molecule has 0 spiro atoms. The number of nitrogens with one attached hydrogen (secondary N) is 1. The molecular weight excluding hydrogens is 578 g/mol.